The number of nitrogens with one attached hydrogen (secondary N) is 4. The van der Waals surface area contributed by atoms with E-state index in [2.05, 4.69) is 26.4 Å². The van der Waals surface area contributed by atoms with Gasteiger partial charge in [-0.2, -0.15) is 0 Å². The van der Waals surface area contributed by atoms with Crippen LogP contribution < -0.4 is 38.7 Å². The number of benzene rings is 1. The predicted molar refractivity (Wildman–Crippen MR) is 156 cm³/mol. The quantitative estimate of drug-likeness (QED) is 0.0116. The normalized spacial score (nSPS) is 15.4. The number of Topliss-reactive ketones (excluding diaryl/α,β-unsaturated/α-hetero) is 2. The highest BCUT2D eigenvalue weighted by Crippen LogP contribution is 2.13. The van der Waals surface area contributed by atoms with E-state index in [1.165, 1.54) is 6.92 Å². The third kappa shape index (κ3) is 12.5. The molecule has 16 heteroatoms. The molecule has 0 aliphatic rings. The van der Waals surface area contributed by atoms with Gasteiger partial charge in [-0.1, -0.05) is 55.3 Å². The summed E-state index contributed by atoms with van der Waals surface area (Å²) in [6, 6.07) is 3.81. The molecule has 10 N–H and O–H groups in total. The van der Waals surface area contributed by atoms with E-state index < -0.39 is 69.8 Å². The maximum atomic E-state index is 13.5. The summed E-state index contributed by atoms with van der Waals surface area (Å²) in [6.45, 7) is 4.26. The first-order valence-corrected chi connectivity index (χ1v) is 14.5. The van der Waals surface area contributed by atoms with Gasteiger partial charge in [0, 0.05) is 11.8 Å². The van der Waals surface area contributed by atoms with Crippen LogP contribution in [0.25, 0.3) is 0 Å². The first-order chi connectivity index (χ1) is 19.8. The molecule has 0 heterocycles. The Morgan fingerprint density at radius 1 is 1.02 bits per heavy atom. The number of hydrogen-bond donors (Lipinski definition) is 7. The zero-order valence-corrected chi connectivity index (χ0v) is 24.7. The minimum Gasteiger partial charge on any atom is -0.772 e. The zero-order valence-electron chi connectivity index (χ0n) is 23.9. The smallest absolute Gasteiger partial charge is 0.238 e. The van der Waals surface area contributed by atoms with Gasteiger partial charge in [0.15, 0.2) is 5.96 Å². The van der Waals surface area contributed by atoms with Crippen LogP contribution in [0.4, 0.5) is 0 Å². The molecule has 0 aliphatic carbocycles. The number of nitrogens with two attached hydrogens (primary N) is 3. The summed E-state index contributed by atoms with van der Waals surface area (Å²) in [6.07, 6.45) is 0.931. The summed E-state index contributed by atoms with van der Waals surface area (Å²) in [4.78, 5) is 67.8. The molecule has 2 amide bonds. The van der Waals surface area contributed by atoms with Crippen LogP contribution in [0.15, 0.2) is 35.3 Å². The van der Waals surface area contributed by atoms with Gasteiger partial charge in [-0.3, -0.25) is 45.0 Å². The molecule has 6 atom stereocenters. The van der Waals surface area contributed by atoms with Crippen molar-refractivity contribution < 1.29 is 32.7 Å². The van der Waals surface area contributed by atoms with E-state index in [1.807, 2.05) is 0 Å². The molecular weight excluding hydrogens is 568 g/mol. The Kier molecular flexibility index (Phi) is 16.3. The van der Waals surface area contributed by atoms with Gasteiger partial charge in [-0.25, -0.2) is 0 Å². The number of carbonyl (C=O) groups excluding carboxylic acids is 5. The number of guanidine groups is 1. The van der Waals surface area contributed by atoms with Crippen molar-refractivity contribution >= 4 is 46.7 Å². The predicted octanol–water partition coefficient (Wildman–Crippen LogP) is -2.70. The Morgan fingerprint density at radius 2 is 1.67 bits per heavy atom. The molecule has 0 bridgehead atoms. The van der Waals surface area contributed by atoms with E-state index >= 15 is 0 Å². The Labute approximate surface area is 247 Å². The summed E-state index contributed by atoms with van der Waals surface area (Å²) in [7, 11) is 0. The SMILES string of the molecule is CC(C)[C@H](NC(C(=O)N[C@H](C=O)Cc1ccccc1)C(C)S(=O)[O-])C(=O)C(=O)[C@H](CCCN=C(N)N)NC(=O)CNN. The van der Waals surface area contributed by atoms with Gasteiger partial charge in [0.1, 0.15) is 12.3 Å². The topological polar surface area (TPSA) is 264 Å². The van der Waals surface area contributed by atoms with Gasteiger partial charge in [0.2, 0.25) is 23.4 Å². The Hall–Kier alpha value is -3.57. The molecule has 0 saturated heterocycles. The fourth-order valence-electron chi connectivity index (χ4n) is 4.01. The lowest BCUT2D eigenvalue weighted by molar-refractivity contribution is -0.141. The summed E-state index contributed by atoms with van der Waals surface area (Å²) in [5.41, 5.74) is 13.6. The van der Waals surface area contributed by atoms with E-state index in [-0.39, 0.29) is 38.3 Å². The largest absolute Gasteiger partial charge is 0.772 e. The second kappa shape index (κ2) is 18.8. The third-order valence-corrected chi connectivity index (χ3v) is 7.14. The molecule has 3 unspecified atom stereocenters. The van der Waals surface area contributed by atoms with E-state index in [9.17, 15) is 32.7 Å². The molecule has 1 rings (SSSR count). The molecule has 0 radical (unpaired) electrons. The van der Waals surface area contributed by atoms with Crippen molar-refractivity contribution in [3.8, 4) is 0 Å². The van der Waals surface area contributed by atoms with Crippen molar-refractivity contribution in [1.82, 2.24) is 21.4 Å². The van der Waals surface area contributed by atoms with E-state index in [4.69, 9.17) is 17.3 Å². The van der Waals surface area contributed by atoms with Crippen molar-refractivity contribution in [2.45, 2.75) is 69.5 Å². The van der Waals surface area contributed by atoms with Crippen LogP contribution in [0.2, 0.25) is 0 Å². The molecule has 0 spiro atoms. The summed E-state index contributed by atoms with van der Waals surface area (Å²) in [5.74, 6) is 0.991. The van der Waals surface area contributed by atoms with Gasteiger partial charge >= 0.3 is 0 Å². The number of rotatable bonds is 20. The van der Waals surface area contributed by atoms with E-state index in [0.717, 1.165) is 5.56 Å². The second-order valence-electron chi connectivity index (χ2n) is 9.95. The van der Waals surface area contributed by atoms with Gasteiger partial charge in [-0.05, 0) is 37.7 Å². The standard InChI is InChI=1S/C26H42N8O7S/c1-15(2)21(24(38)23(37)19(33-20(36)13-31-29)10-7-11-30-26(27)28)34-22(16(3)42(40)41)25(39)32-18(14-35)12-17-8-5-4-6-9-17/h4-6,8-9,14-16,18-19,21-22,31,34H,7,10-13,29H2,1-3H3,(H,32,39)(H,33,36)(H,40,41)(H4,27,28,30)/p-1/t16?,18-,19-,21-,22?/m0/s1. The van der Waals surface area contributed by atoms with Crippen LogP contribution in [0.3, 0.4) is 0 Å². The minimum atomic E-state index is -2.76. The van der Waals surface area contributed by atoms with Crippen LogP contribution in [-0.4, -0.2) is 86.9 Å². The molecule has 0 aromatic heterocycles. The van der Waals surface area contributed by atoms with Crippen molar-refractivity contribution in [2.75, 3.05) is 13.1 Å². The maximum Gasteiger partial charge on any atom is 0.238 e. The monoisotopic (exact) mass is 609 g/mol. The Balaban J connectivity index is 3.21. The molecule has 0 saturated carbocycles. The molecule has 42 heavy (non-hydrogen) atoms. The number of nitrogens with zero attached hydrogens (tertiary/aromatic N) is 1. The second-order valence-corrected chi connectivity index (χ2v) is 11.2. The number of aliphatic imine (C=N–C) groups is 1. The fraction of sp³-hybridized carbons (Fsp3) is 0.538. The van der Waals surface area contributed by atoms with Crippen LogP contribution >= 0.6 is 0 Å². The van der Waals surface area contributed by atoms with Gasteiger partial charge in [0.05, 0.1) is 24.7 Å². The molecule has 1 aromatic rings. The van der Waals surface area contributed by atoms with Crippen molar-refractivity contribution in [1.29, 1.82) is 0 Å². The first-order valence-electron chi connectivity index (χ1n) is 13.3. The van der Waals surface area contributed by atoms with E-state index in [1.54, 1.807) is 44.2 Å². The fourth-order valence-corrected chi connectivity index (χ4v) is 4.43. The minimum absolute atomic E-state index is 0.00781. The van der Waals surface area contributed by atoms with Crippen LogP contribution in [0.1, 0.15) is 39.2 Å². The molecule has 0 fully saturated rings. The summed E-state index contributed by atoms with van der Waals surface area (Å²) in [5, 5.41) is 6.36. The van der Waals surface area contributed by atoms with Crippen LogP contribution in [0, 0.1) is 5.92 Å². The van der Waals surface area contributed by atoms with Crippen molar-refractivity contribution in [3.05, 3.63) is 35.9 Å². The van der Waals surface area contributed by atoms with Crippen LogP contribution in [-0.2, 0) is 41.5 Å². The highest BCUT2D eigenvalue weighted by Gasteiger charge is 2.38. The Bertz CT molecular complexity index is 1120. The maximum absolute atomic E-state index is 13.5. The summed E-state index contributed by atoms with van der Waals surface area (Å²) >= 11 is -2.76. The molecule has 0 aliphatic heterocycles. The number of aldehydes is 1. The van der Waals surface area contributed by atoms with Crippen molar-refractivity contribution in [3.63, 3.8) is 0 Å². The van der Waals surface area contributed by atoms with E-state index in [0.29, 0.717) is 6.29 Å². The summed E-state index contributed by atoms with van der Waals surface area (Å²) < 4.78 is 23.8. The zero-order chi connectivity index (χ0) is 31.8. The molecule has 234 valence electrons. The average Bonchev–Trinajstić information content (AvgIpc) is 2.93. The average molecular weight is 610 g/mol. The van der Waals surface area contributed by atoms with Crippen molar-refractivity contribution in [2.24, 2.45) is 28.2 Å². The highest BCUT2D eigenvalue weighted by atomic mass is 32.2. The first kappa shape index (κ1) is 36.5. The number of carbonyl (C=O) groups is 5. The van der Waals surface area contributed by atoms with Gasteiger partial charge in [0.25, 0.3) is 0 Å². The number of hydrogen-bond acceptors (Lipinski definition) is 11. The highest BCUT2D eigenvalue weighted by molar-refractivity contribution is 7.79. The van der Waals surface area contributed by atoms with Crippen LogP contribution in [0.5, 0.6) is 0 Å². The third-order valence-electron chi connectivity index (χ3n) is 6.26. The molecular formula is C26H41N8O7S-. The lowest BCUT2D eigenvalue weighted by Gasteiger charge is -2.32. The lowest BCUT2D eigenvalue weighted by atomic mass is 9.91. The number of hydrazine groups is 1. The lowest BCUT2D eigenvalue weighted by Crippen LogP contribution is -2.61. The van der Waals surface area contributed by atoms with Gasteiger partial charge in [-0.15, -0.1) is 0 Å². The number of ketones is 2. The van der Waals surface area contributed by atoms with Gasteiger partial charge < -0.3 is 31.4 Å². The Morgan fingerprint density at radius 3 is 2.19 bits per heavy atom. The molecule has 15 nitrogen and oxygen atoms in total. The number of amides is 2. The molecule has 1 aromatic carbocycles.